The summed E-state index contributed by atoms with van der Waals surface area (Å²) >= 11 is 0. The quantitative estimate of drug-likeness (QED) is 0.397. The van der Waals surface area contributed by atoms with Crippen LogP contribution in [0, 0.1) is 11.3 Å². The van der Waals surface area contributed by atoms with Gasteiger partial charge in [-0.3, -0.25) is 4.98 Å². The van der Waals surface area contributed by atoms with Crippen LogP contribution >= 0.6 is 0 Å². The third-order valence-electron chi connectivity index (χ3n) is 2.01. The predicted octanol–water partition coefficient (Wildman–Crippen LogP) is 3.05. The molecule has 0 N–H and O–H groups in total. The lowest BCUT2D eigenvalue weighted by Gasteiger charge is -2.01. The van der Waals surface area contributed by atoms with Crippen LogP contribution in [0.3, 0.4) is 0 Å². The maximum absolute atomic E-state index is 8.83. The molecule has 0 amide bonds. The molecule has 0 saturated heterocycles. The van der Waals surface area contributed by atoms with Gasteiger partial charge in [0.2, 0.25) is 0 Å². The predicted molar refractivity (Wildman–Crippen MR) is 55.3 cm³/mol. The van der Waals surface area contributed by atoms with Gasteiger partial charge >= 0.3 is 0 Å². The highest BCUT2D eigenvalue weighted by Gasteiger charge is 2.05. The van der Waals surface area contributed by atoms with E-state index in [1.807, 2.05) is 18.2 Å². The topological polar surface area (TPSA) is 85.4 Å². The molecule has 0 aliphatic rings. The van der Waals surface area contributed by atoms with Crippen molar-refractivity contribution in [3.63, 3.8) is 0 Å². The Kier molecular flexibility index (Phi) is 2.20. The molecule has 5 nitrogen and oxygen atoms in total. The fourth-order valence-electron chi connectivity index (χ4n) is 1.36. The minimum Gasteiger partial charge on any atom is -0.255 e. The summed E-state index contributed by atoms with van der Waals surface area (Å²) in [5, 5.41) is 13.0. The molecule has 0 spiro atoms. The van der Waals surface area contributed by atoms with E-state index in [9.17, 15) is 0 Å². The molecule has 1 aromatic heterocycles. The standard InChI is InChI=1S/C10H5N5/c11-5-7-6-13-9-4-2-1-3-8(9)10(7)14-15-12/h1-4,6H. The van der Waals surface area contributed by atoms with Crippen LogP contribution in [-0.2, 0) is 0 Å². The molecule has 0 unspecified atom stereocenters. The van der Waals surface area contributed by atoms with Gasteiger partial charge in [-0.2, -0.15) is 5.26 Å². The Bertz CT molecular complexity index is 605. The molecular formula is C10H5N5. The molecule has 0 radical (unpaired) electrons. The second-order valence-electron chi connectivity index (χ2n) is 2.84. The average molecular weight is 195 g/mol. The molecule has 0 saturated carbocycles. The highest BCUT2D eigenvalue weighted by atomic mass is 15.1. The minimum atomic E-state index is 0.284. The van der Waals surface area contributed by atoms with Crippen LogP contribution in [0.15, 0.2) is 35.6 Å². The summed E-state index contributed by atoms with van der Waals surface area (Å²) in [6, 6.07) is 9.16. The van der Waals surface area contributed by atoms with E-state index in [2.05, 4.69) is 15.0 Å². The van der Waals surface area contributed by atoms with Gasteiger partial charge in [0.05, 0.1) is 16.8 Å². The highest BCUT2D eigenvalue weighted by Crippen LogP contribution is 2.27. The van der Waals surface area contributed by atoms with Crippen LogP contribution in [0.4, 0.5) is 5.69 Å². The molecule has 2 aromatic rings. The first kappa shape index (κ1) is 9.00. The van der Waals surface area contributed by atoms with E-state index >= 15 is 0 Å². The third-order valence-corrected chi connectivity index (χ3v) is 2.01. The lowest BCUT2D eigenvalue weighted by atomic mass is 10.1. The molecule has 0 fully saturated rings. The Hall–Kier alpha value is -2.57. The van der Waals surface area contributed by atoms with Crippen LogP contribution in [0.25, 0.3) is 21.3 Å². The Morgan fingerprint density at radius 3 is 2.93 bits per heavy atom. The van der Waals surface area contributed by atoms with Crippen molar-refractivity contribution in [2.45, 2.75) is 0 Å². The summed E-state index contributed by atoms with van der Waals surface area (Å²) in [5.74, 6) is 0. The number of hydrogen-bond acceptors (Lipinski definition) is 3. The van der Waals surface area contributed by atoms with Gasteiger partial charge in [0, 0.05) is 16.5 Å². The van der Waals surface area contributed by atoms with Gasteiger partial charge in [-0.25, -0.2) is 0 Å². The number of pyridine rings is 1. The monoisotopic (exact) mass is 195 g/mol. The summed E-state index contributed by atoms with van der Waals surface area (Å²) in [6.07, 6.45) is 1.41. The first-order valence-corrected chi connectivity index (χ1v) is 4.20. The van der Waals surface area contributed by atoms with Crippen molar-refractivity contribution in [1.29, 1.82) is 5.26 Å². The van der Waals surface area contributed by atoms with Crippen LogP contribution < -0.4 is 0 Å². The fourth-order valence-corrected chi connectivity index (χ4v) is 1.36. The summed E-state index contributed by atoms with van der Waals surface area (Å²) in [7, 11) is 0. The zero-order chi connectivity index (χ0) is 10.7. The Morgan fingerprint density at radius 2 is 2.20 bits per heavy atom. The van der Waals surface area contributed by atoms with E-state index in [0.717, 1.165) is 0 Å². The molecule has 5 heteroatoms. The van der Waals surface area contributed by atoms with Gasteiger partial charge in [-0.15, -0.1) is 0 Å². The zero-order valence-corrected chi connectivity index (χ0v) is 7.62. The molecule has 0 aliphatic carbocycles. The normalized spacial score (nSPS) is 9.27. The lowest BCUT2D eigenvalue weighted by molar-refractivity contribution is 1.34. The van der Waals surface area contributed by atoms with Gasteiger partial charge in [-0.1, -0.05) is 23.3 Å². The van der Waals surface area contributed by atoms with Crippen molar-refractivity contribution in [3.8, 4) is 6.07 Å². The number of nitriles is 1. The fraction of sp³-hybridized carbons (Fsp3) is 0. The molecule has 0 bridgehead atoms. The average Bonchev–Trinajstić information content (AvgIpc) is 2.30. The van der Waals surface area contributed by atoms with Crippen molar-refractivity contribution in [3.05, 3.63) is 46.5 Å². The number of rotatable bonds is 1. The minimum absolute atomic E-state index is 0.284. The molecule has 0 aliphatic heterocycles. The van der Waals surface area contributed by atoms with Gasteiger partial charge < -0.3 is 0 Å². The van der Waals surface area contributed by atoms with E-state index in [4.69, 9.17) is 10.8 Å². The summed E-state index contributed by atoms with van der Waals surface area (Å²) < 4.78 is 0. The molecule has 1 aromatic carbocycles. The van der Waals surface area contributed by atoms with Crippen LogP contribution in [0.2, 0.25) is 0 Å². The maximum Gasteiger partial charge on any atom is 0.101 e. The largest absolute Gasteiger partial charge is 0.255 e. The molecular weight excluding hydrogens is 190 g/mol. The van der Waals surface area contributed by atoms with Gasteiger partial charge in [0.15, 0.2) is 0 Å². The van der Waals surface area contributed by atoms with E-state index < -0.39 is 0 Å². The highest BCUT2D eigenvalue weighted by molar-refractivity contribution is 5.92. The van der Waals surface area contributed by atoms with Crippen LogP contribution in [-0.4, -0.2) is 4.98 Å². The Labute approximate surface area is 85.2 Å². The van der Waals surface area contributed by atoms with E-state index in [0.29, 0.717) is 16.6 Å². The smallest absolute Gasteiger partial charge is 0.101 e. The van der Waals surface area contributed by atoms with Crippen LogP contribution in [0.5, 0.6) is 0 Å². The molecule has 1 heterocycles. The first-order valence-electron chi connectivity index (χ1n) is 4.20. The van der Waals surface area contributed by atoms with Gasteiger partial charge in [0.1, 0.15) is 6.07 Å². The molecule has 0 atom stereocenters. The molecule has 2 rings (SSSR count). The van der Waals surface area contributed by atoms with E-state index in [1.165, 1.54) is 6.20 Å². The van der Waals surface area contributed by atoms with Crippen molar-refractivity contribution >= 4 is 16.6 Å². The maximum atomic E-state index is 8.83. The van der Waals surface area contributed by atoms with Crippen molar-refractivity contribution < 1.29 is 0 Å². The summed E-state index contributed by atoms with van der Waals surface area (Å²) in [4.78, 5) is 6.80. The van der Waals surface area contributed by atoms with Crippen molar-refractivity contribution in [2.24, 2.45) is 5.11 Å². The van der Waals surface area contributed by atoms with E-state index in [-0.39, 0.29) is 5.56 Å². The zero-order valence-electron chi connectivity index (χ0n) is 7.62. The second-order valence-corrected chi connectivity index (χ2v) is 2.84. The number of para-hydroxylation sites is 1. The lowest BCUT2D eigenvalue weighted by Crippen LogP contribution is -1.83. The number of benzene rings is 1. The van der Waals surface area contributed by atoms with E-state index in [1.54, 1.807) is 12.1 Å². The number of nitrogens with zero attached hydrogens (tertiary/aromatic N) is 5. The van der Waals surface area contributed by atoms with Crippen LogP contribution in [0.1, 0.15) is 5.56 Å². The number of aromatic nitrogens is 1. The number of fused-ring (bicyclic) bond motifs is 1. The first-order chi connectivity index (χ1) is 7.36. The molecule has 15 heavy (non-hydrogen) atoms. The number of azide groups is 1. The third kappa shape index (κ3) is 1.46. The van der Waals surface area contributed by atoms with Crippen molar-refractivity contribution in [2.75, 3.05) is 0 Å². The summed E-state index contributed by atoms with van der Waals surface area (Å²) in [5.41, 5.74) is 9.76. The van der Waals surface area contributed by atoms with Gasteiger partial charge in [-0.05, 0) is 11.6 Å². The molecule has 70 valence electrons. The van der Waals surface area contributed by atoms with Crippen molar-refractivity contribution in [1.82, 2.24) is 4.98 Å². The number of hydrogen-bond donors (Lipinski definition) is 0. The SMILES string of the molecule is N#Cc1cnc2ccccc2c1N=[N+]=[N-]. The van der Waals surface area contributed by atoms with Gasteiger partial charge in [0.25, 0.3) is 0 Å². The Morgan fingerprint density at radius 1 is 1.40 bits per heavy atom. The summed E-state index contributed by atoms with van der Waals surface area (Å²) in [6.45, 7) is 0. The Balaban J connectivity index is 2.92. The second kappa shape index (κ2) is 3.66.